The minimum atomic E-state index is -2.75. The molecule has 1 atom stereocenters. The standard InChI is InChI=1S/C22H20ClF2N5O3/c23-15-3-1-13(2-4-15)19-20(14-5-7-26-17(9-14)21(24)25)30(12-27-19)11-18(31)28-16-6-8-29(10-16)22(32)33/h1-5,7,9,12,16,21H,6,8,10-11H2,(H,28,31)(H,32,33)/t16-/m1/s1. The van der Waals surface area contributed by atoms with Gasteiger partial charge >= 0.3 is 6.09 Å². The molecule has 1 fully saturated rings. The zero-order valence-electron chi connectivity index (χ0n) is 17.3. The van der Waals surface area contributed by atoms with Gasteiger partial charge in [-0.3, -0.25) is 9.78 Å². The molecule has 0 aliphatic carbocycles. The Morgan fingerprint density at radius 1 is 1.18 bits per heavy atom. The lowest BCUT2D eigenvalue weighted by atomic mass is 10.0. The number of nitrogens with zero attached hydrogens (tertiary/aromatic N) is 4. The van der Waals surface area contributed by atoms with Gasteiger partial charge in [0.1, 0.15) is 12.2 Å². The minimum absolute atomic E-state index is 0.119. The predicted octanol–water partition coefficient (Wildman–Crippen LogP) is 4.07. The molecule has 2 aromatic heterocycles. The van der Waals surface area contributed by atoms with E-state index >= 15 is 0 Å². The van der Waals surface area contributed by atoms with Crippen molar-refractivity contribution in [3.8, 4) is 22.5 Å². The van der Waals surface area contributed by atoms with Crippen molar-refractivity contribution < 1.29 is 23.5 Å². The number of hydrogen-bond acceptors (Lipinski definition) is 4. The van der Waals surface area contributed by atoms with E-state index in [1.165, 1.54) is 23.5 Å². The fraction of sp³-hybridized carbons (Fsp3) is 0.273. The summed E-state index contributed by atoms with van der Waals surface area (Å²) in [4.78, 5) is 33.2. The summed E-state index contributed by atoms with van der Waals surface area (Å²) in [5.74, 6) is -0.336. The number of halogens is 3. The highest BCUT2D eigenvalue weighted by Crippen LogP contribution is 2.33. The van der Waals surface area contributed by atoms with Crippen LogP contribution < -0.4 is 5.32 Å². The van der Waals surface area contributed by atoms with Crippen molar-refractivity contribution in [3.05, 3.63) is 59.6 Å². The Kier molecular flexibility index (Phi) is 6.55. The molecule has 1 saturated heterocycles. The topological polar surface area (TPSA) is 100 Å². The lowest BCUT2D eigenvalue weighted by molar-refractivity contribution is -0.122. The molecule has 0 radical (unpaired) electrons. The van der Waals surface area contributed by atoms with Crippen molar-refractivity contribution in [1.82, 2.24) is 24.8 Å². The van der Waals surface area contributed by atoms with Crippen molar-refractivity contribution in [1.29, 1.82) is 0 Å². The Hall–Kier alpha value is -3.53. The molecular formula is C22H20ClF2N5O3. The largest absolute Gasteiger partial charge is 0.465 e. The highest BCUT2D eigenvalue weighted by molar-refractivity contribution is 6.30. The SMILES string of the molecule is O=C(Cn1cnc(-c2ccc(Cl)cc2)c1-c1ccnc(C(F)F)c1)N[C@@H]1CCN(C(=O)O)C1. The van der Waals surface area contributed by atoms with Gasteiger partial charge in [0.2, 0.25) is 5.91 Å². The molecular weight excluding hydrogens is 456 g/mol. The Morgan fingerprint density at radius 3 is 2.61 bits per heavy atom. The molecule has 0 spiro atoms. The maximum Gasteiger partial charge on any atom is 0.407 e. The number of hydrogen-bond donors (Lipinski definition) is 2. The number of amides is 2. The number of nitrogens with one attached hydrogen (secondary N) is 1. The van der Waals surface area contributed by atoms with Gasteiger partial charge in [-0.15, -0.1) is 0 Å². The van der Waals surface area contributed by atoms with Gasteiger partial charge in [-0.05, 0) is 30.7 Å². The van der Waals surface area contributed by atoms with Crippen LogP contribution in [0, 0.1) is 0 Å². The smallest absolute Gasteiger partial charge is 0.407 e. The number of aromatic nitrogens is 3. The fourth-order valence-corrected chi connectivity index (χ4v) is 3.94. The second-order valence-electron chi connectivity index (χ2n) is 7.63. The van der Waals surface area contributed by atoms with Gasteiger partial charge in [-0.25, -0.2) is 18.6 Å². The van der Waals surface area contributed by atoms with E-state index in [1.54, 1.807) is 34.9 Å². The lowest BCUT2D eigenvalue weighted by Gasteiger charge is -2.15. The third-order valence-electron chi connectivity index (χ3n) is 5.37. The highest BCUT2D eigenvalue weighted by atomic mass is 35.5. The molecule has 4 rings (SSSR count). The molecule has 0 unspecified atom stereocenters. The summed E-state index contributed by atoms with van der Waals surface area (Å²) in [6.45, 7) is 0.451. The van der Waals surface area contributed by atoms with Gasteiger partial charge in [-0.1, -0.05) is 23.7 Å². The summed E-state index contributed by atoms with van der Waals surface area (Å²) < 4.78 is 28.1. The fourth-order valence-electron chi connectivity index (χ4n) is 3.82. The summed E-state index contributed by atoms with van der Waals surface area (Å²) in [5.41, 5.74) is 1.75. The lowest BCUT2D eigenvalue weighted by Crippen LogP contribution is -2.39. The number of carboxylic acid groups (broad SMARTS) is 1. The van der Waals surface area contributed by atoms with Crippen LogP contribution in [0.15, 0.2) is 48.9 Å². The number of benzene rings is 1. The first-order chi connectivity index (χ1) is 15.8. The van der Waals surface area contributed by atoms with Crippen LogP contribution in [-0.4, -0.2) is 55.7 Å². The van der Waals surface area contributed by atoms with Crippen LogP contribution in [0.4, 0.5) is 13.6 Å². The first-order valence-electron chi connectivity index (χ1n) is 10.1. The quantitative estimate of drug-likeness (QED) is 0.559. The molecule has 33 heavy (non-hydrogen) atoms. The van der Waals surface area contributed by atoms with Crippen LogP contribution in [0.1, 0.15) is 18.5 Å². The van der Waals surface area contributed by atoms with Crippen molar-refractivity contribution in [2.45, 2.75) is 25.4 Å². The number of pyridine rings is 1. The molecule has 0 saturated carbocycles. The first-order valence-corrected chi connectivity index (χ1v) is 10.5. The second kappa shape index (κ2) is 9.53. The van der Waals surface area contributed by atoms with Crippen LogP contribution in [0.25, 0.3) is 22.5 Å². The van der Waals surface area contributed by atoms with E-state index in [9.17, 15) is 18.4 Å². The van der Waals surface area contributed by atoms with E-state index in [2.05, 4.69) is 15.3 Å². The summed E-state index contributed by atoms with van der Waals surface area (Å²) in [6.07, 6.45) is -0.488. The third-order valence-corrected chi connectivity index (χ3v) is 5.62. The summed E-state index contributed by atoms with van der Waals surface area (Å²) in [6, 6.07) is 9.47. The molecule has 1 aliphatic heterocycles. The second-order valence-corrected chi connectivity index (χ2v) is 8.06. The maximum absolute atomic E-state index is 13.3. The Balaban J connectivity index is 1.64. The van der Waals surface area contributed by atoms with Crippen molar-refractivity contribution in [2.24, 2.45) is 0 Å². The number of likely N-dealkylation sites (tertiary alicyclic amines) is 1. The average Bonchev–Trinajstić information content (AvgIpc) is 3.42. The Bertz CT molecular complexity index is 1170. The van der Waals surface area contributed by atoms with E-state index < -0.39 is 12.5 Å². The van der Waals surface area contributed by atoms with Crippen LogP contribution >= 0.6 is 11.6 Å². The minimum Gasteiger partial charge on any atom is -0.465 e. The van der Waals surface area contributed by atoms with Gasteiger partial charge in [0, 0.05) is 41.5 Å². The van der Waals surface area contributed by atoms with Crippen molar-refractivity contribution in [3.63, 3.8) is 0 Å². The van der Waals surface area contributed by atoms with E-state index in [0.29, 0.717) is 40.5 Å². The molecule has 0 bridgehead atoms. The van der Waals surface area contributed by atoms with E-state index in [-0.39, 0.29) is 30.7 Å². The normalized spacial score (nSPS) is 15.8. The number of alkyl halides is 2. The van der Waals surface area contributed by atoms with Gasteiger partial charge in [0.25, 0.3) is 6.43 Å². The Labute approximate surface area is 192 Å². The molecule has 3 heterocycles. The number of imidazole rings is 1. The molecule has 2 N–H and O–H groups in total. The van der Waals surface area contributed by atoms with Crippen molar-refractivity contribution >= 4 is 23.6 Å². The molecule has 2 amide bonds. The molecule has 11 heteroatoms. The zero-order chi connectivity index (χ0) is 23.5. The van der Waals surface area contributed by atoms with Gasteiger partial charge in [0.15, 0.2) is 0 Å². The van der Waals surface area contributed by atoms with Gasteiger partial charge < -0.3 is 19.9 Å². The molecule has 1 aliphatic rings. The van der Waals surface area contributed by atoms with Crippen LogP contribution in [0.5, 0.6) is 0 Å². The predicted molar refractivity (Wildman–Crippen MR) is 117 cm³/mol. The van der Waals surface area contributed by atoms with Crippen LogP contribution in [0.2, 0.25) is 5.02 Å². The van der Waals surface area contributed by atoms with E-state index in [4.69, 9.17) is 16.7 Å². The highest BCUT2D eigenvalue weighted by Gasteiger charge is 2.27. The Morgan fingerprint density at radius 2 is 1.94 bits per heavy atom. The third kappa shape index (κ3) is 5.11. The van der Waals surface area contributed by atoms with E-state index in [0.717, 1.165) is 0 Å². The zero-order valence-corrected chi connectivity index (χ0v) is 18.0. The molecule has 3 aromatic rings. The van der Waals surface area contributed by atoms with Gasteiger partial charge in [0.05, 0.1) is 17.7 Å². The van der Waals surface area contributed by atoms with Crippen LogP contribution in [-0.2, 0) is 11.3 Å². The summed E-state index contributed by atoms with van der Waals surface area (Å²) in [7, 11) is 0. The average molecular weight is 476 g/mol. The molecule has 1 aromatic carbocycles. The number of carbonyl (C=O) groups excluding carboxylic acids is 1. The van der Waals surface area contributed by atoms with Gasteiger partial charge in [-0.2, -0.15) is 0 Å². The molecule has 172 valence electrons. The summed E-state index contributed by atoms with van der Waals surface area (Å²) >= 11 is 5.99. The number of rotatable bonds is 6. The molecule has 8 nitrogen and oxygen atoms in total. The first kappa shape index (κ1) is 22.7. The van der Waals surface area contributed by atoms with Crippen molar-refractivity contribution in [2.75, 3.05) is 13.1 Å². The van der Waals surface area contributed by atoms with Crippen LogP contribution in [0.3, 0.4) is 0 Å². The van der Waals surface area contributed by atoms with E-state index in [1.807, 2.05) is 0 Å². The number of carbonyl (C=O) groups is 2. The monoisotopic (exact) mass is 475 g/mol. The summed E-state index contributed by atoms with van der Waals surface area (Å²) in [5, 5.41) is 12.5. The maximum atomic E-state index is 13.3.